The van der Waals surface area contributed by atoms with Crippen molar-refractivity contribution in [3.05, 3.63) is 77.9 Å². The first-order valence-corrected chi connectivity index (χ1v) is 7.48. The Hall–Kier alpha value is -2.74. The number of benzene rings is 3. The minimum absolute atomic E-state index is 0.938. The highest BCUT2D eigenvalue weighted by Gasteiger charge is 2.27. The van der Waals surface area contributed by atoms with Crippen LogP contribution in [0.15, 0.2) is 66.7 Å². The molecular weight excluding hydrogens is 270 g/mol. The zero-order valence-corrected chi connectivity index (χ0v) is 12.7. The highest BCUT2D eigenvalue weighted by molar-refractivity contribution is 5.87. The summed E-state index contributed by atoms with van der Waals surface area (Å²) in [5.74, 6) is 1.88. The first kappa shape index (κ1) is 13.0. The van der Waals surface area contributed by atoms with Crippen molar-refractivity contribution in [2.75, 3.05) is 4.90 Å². The molecule has 4 rings (SSSR count). The van der Waals surface area contributed by atoms with Crippen LogP contribution in [0.2, 0.25) is 0 Å². The Bertz CT molecular complexity index is 788. The lowest BCUT2D eigenvalue weighted by Gasteiger charge is -2.34. The van der Waals surface area contributed by atoms with E-state index in [1.807, 2.05) is 6.07 Å². The van der Waals surface area contributed by atoms with Gasteiger partial charge in [-0.3, -0.25) is 0 Å². The molecule has 108 valence electrons. The van der Waals surface area contributed by atoms with E-state index in [1.165, 1.54) is 0 Å². The monoisotopic (exact) mass is 287 g/mol. The molecule has 0 aliphatic carbocycles. The lowest BCUT2D eigenvalue weighted by atomic mass is 10.1. The van der Waals surface area contributed by atoms with E-state index in [4.69, 9.17) is 4.74 Å². The highest BCUT2D eigenvalue weighted by Crippen LogP contribution is 2.52. The second-order valence-corrected chi connectivity index (χ2v) is 5.62. The second-order valence-electron chi connectivity index (χ2n) is 5.62. The molecule has 0 bridgehead atoms. The summed E-state index contributed by atoms with van der Waals surface area (Å²) in [5, 5.41) is 0. The van der Waals surface area contributed by atoms with Gasteiger partial charge in [0.05, 0.1) is 11.4 Å². The molecule has 0 saturated carbocycles. The van der Waals surface area contributed by atoms with Crippen LogP contribution in [0, 0.1) is 13.8 Å². The first-order valence-electron chi connectivity index (χ1n) is 7.48. The minimum atomic E-state index is 0.938. The van der Waals surface area contributed by atoms with Gasteiger partial charge in [-0.2, -0.15) is 0 Å². The Morgan fingerprint density at radius 3 is 1.73 bits per heavy atom. The molecule has 3 aromatic carbocycles. The van der Waals surface area contributed by atoms with Crippen LogP contribution in [0.3, 0.4) is 0 Å². The molecule has 0 aromatic heterocycles. The van der Waals surface area contributed by atoms with Crippen LogP contribution >= 0.6 is 0 Å². The van der Waals surface area contributed by atoms with Crippen LogP contribution in [-0.2, 0) is 0 Å². The van der Waals surface area contributed by atoms with Gasteiger partial charge in [-0.15, -0.1) is 0 Å². The number of ether oxygens (including phenoxy) is 1. The Morgan fingerprint density at radius 2 is 1.18 bits per heavy atom. The second kappa shape index (κ2) is 4.92. The molecule has 2 nitrogen and oxygen atoms in total. The molecule has 1 aliphatic heterocycles. The van der Waals surface area contributed by atoms with Crippen molar-refractivity contribution in [2.24, 2.45) is 0 Å². The molecule has 0 unspecified atom stereocenters. The van der Waals surface area contributed by atoms with Gasteiger partial charge in [0, 0.05) is 5.69 Å². The van der Waals surface area contributed by atoms with Gasteiger partial charge in [0.2, 0.25) is 0 Å². The summed E-state index contributed by atoms with van der Waals surface area (Å²) in [5.41, 5.74) is 5.61. The lowest BCUT2D eigenvalue weighted by molar-refractivity contribution is 0.469. The molecule has 2 heteroatoms. The third-order valence-corrected chi connectivity index (χ3v) is 4.08. The smallest absolute Gasteiger partial charge is 0.154 e. The van der Waals surface area contributed by atoms with Gasteiger partial charge in [-0.25, -0.2) is 0 Å². The Kier molecular flexibility index (Phi) is 2.90. The van der Waals surface area contributed by atoms with Crippen LogP contribution in [-0.4, -0.2) is 0 Å². The summed E-state index contributed by atoms with van der Waals surface area (Å²) in [6, 6.07) is 23.0. The van der Waals surface area contributed by atoms with Gasteiger partial charge in [-0.05, 0) is 49.2 Å². The fraction of sp³-hybridized carbons (Fsp3) is 0.100. The van der Waals surface area contributed by atoms with Gasteiger partial charge < -0.3 is 9.64 Å². The molecule has 0 atom stereocenters. The van der Waals surface area contributed by atoms with E-state index in [0.717, 1.165) is 39.7 Å². The predicted molar refractivity (Wildman–Crippen MR) is 90.7 cm³/mol. The molecule has 0 saturated heterocycles. The van der Waals surface area contributed by atoms with Crippen molar-refractivity contribution in [3.8, 4) is 11.5 Å². The van der Waals surface area contributed by atoms with E-state index in [2.05, 4.69) is 79.4 Å². The number of para-hydroxylation sites is 3. The Morgan fingerprint density at radius 1 is 0.636 bits per heavy atom. The fourth-order valence-corrected chi connectivity index (χ4v) is 2.98. The number of nitrogens with zero attached hydrogens (tertiary/aromatic N) is 1. The molecule has 0 spiro atoms. The minimum Gasteiger partial charge on any atom is -0.452 e. The topological polar surface area (TPSA) is 12.5 Å². The van der Waals surface area contributed by atoms with E-state index < -0.39 is 0 Å². The fourth-order valence-electron chi connectivity index (χ4n) is 2.98. The molecule has 0 N–H and O–H groups in total. The highest BCUT2D eigenvalue weighted by atomic mass is 16.5. The Balaban J connectivity index is 2.02. The van der Waals surface area contributed by atoms with Crippen molar-refractivity contribution in [2.45, 2.75) is 13.8 Å². The van der Waals surface area contributed by atoms with Crippen molar-refractivity contribution < 1.29 is 4.74 Å². The van der Waals surface area contributed by atoms with Crippen LogP contribution in [0.1, 0.15) is 11.1 Å². The molecule has 0 amide bonds. The Labute approximate surface area is 130 Å². The summed E-state index contributed by atoms with van der Waals surface area (Å²) in [6.07, 6.45) is 0. The van der Waals surface area contributed by atoms with Crippen LogP contribution in [0.25, 0.3) is 0 Å². The quantitative estimate of drug-likeness (QED) is 0.433. The predicted octanol–water partition coefficient (Wildman–Crippen LogP) is 5.88. The number of anilines is 3. The van der Waals surface area contributed by atoms with E-state index in [-0.39, 0.29) is 0 Å². The van der Waals surface area contributed by atoms with Crippen molar-refractivity contribution in [3.63, 3.8) is 0 Å². The average molecular weight is 287 g/mol. The van der Waals surface area contributed by atoms with Crippen molar-refractivity contribution >= 4 is 17.1 Å². The molecule has 1 aliphatic rings. The molecule has 1 heterocycles. The van der Waals surface area contributed by atoms with Gasteiger partial charge in [0.25, 0.3) is 0 Å². The van der Waals surface area contributed by atoms with Crippen molar-refractivity contribution in [1.82, 2.24) is 0 Å². The molecular formula is C20H17NO. The number of hydrogen-bond acceptors (Lipinski definition) is 2. The SMILES string of the molecule is Cc1cccc2c1Oc1c(C)cccc1N2c1ccccc1. The number of fused-ring (bicyclic) bond motifs is 2. The van der Waals surface area contributed by atoms with E-state index in [0.29, 0.717) is 0 Å². The standard InChI is InChI=1S/C20H17NO/c1-14-8-6-12-17-19(14)22-20-15(2)9-7-13-18(20)21(17)16-10-4-3-5-11-16/h3-13H,1-2H3. The van der Waals surface area contributed by atoms with Gasteiger partial charge in [0.1, 0.15) is 0 Å². The van der Waals surface area contributed by atoms with E-state index in [9.17, 15) is 0 Å². The van der Waals surface area contributed by atoms with Gasteiger partial charge in [-0.1, -0.05) is 42.5 Å². The maximum atomic E-state index is 6.25. The molecule has 3 aromatic rings. The zero-order valence-electron chi connectivity index (χ0n) is 12.7. The zero-order chi connectivity index (χ0) is 15.1. The lowest BCUT2D eigenvalue weighted by Crippen LogP contribution is -2.16. The van der Waals surface area contributed by atoms with Crippen molar-refractivity contribution in [1.29, 1.82) is 0 Å². The summed E-state index contributed by atoms with van der Waals surface area (Å²) in [4.78, 5) is 2.27. The maximum Gasteiger partial charge on any atom is 0.154 e. The normalized spacial score (nSPS) is 12.4. The summed E-state index contributed by atoms with van der Waals surface area (Å²) in [6.45, 7) is 4.18. The van der Waals surface area contributed by atoms with Gasteiger partial charge >= 0.3 is 0 Å². The first-order chi connectivity index (χ1) is 10.8. The van der Waals surface area contributed by atoms with E-state index in [1.54, 1.807) is 0 Å². The maximum absolute atomic E-state index is 6.25. The summed E-state index contributed by atoms with van der Waals surface area (Å²) < 4.78 is 6.25. The largest absolute Gasteiger partial charge is 0.452 e. The molecule has 0 fully saturated rings. The molecule has 22 heavy (non-hydrogen) atoms. The third-order valence-electron chi connectivity index (χ3n) is 4.08. The summed E-state index contributed by atoms with van der Waals surface area (Å²) in [7, 11) is 0. The summed E-state index contributed by atoms with van der Waals surface area (Å²) >= 11 is 0. The van der Waals surface area contributed by atoms with Gasteiger partial charge in [0.15, 0.2) is 11.5 Å². The number of hydrogen-bond donors (Lipinski definition) is 0. The number of aryl methyl sites for hydroxylation is 2. The third kappa shape index (κ3) is 1.88. The van der Waals surface area contributed by atoms with Crippen LogP contribution in [0.4, 0.5) is 17.1 Å². The molecule has 0 radical (unpaired) electrons. The van der Waals surface area contributed by atoms with Crippen LogP contribution in [0.5, 0.6) is 11.5 Å². The van der Waals surface area contributed by atoms with E-state index >= 15 is 0 Å². The average Bonchev–Trinajstić information content (AvgIpc) is 2.55. The number of rotatable bonds is 1. The van der Waals surface area contributed by atoms with Crippen LogP contribution < -0.4 is 9.64 Å².